The molecule has 1 heterocycles. The smallest absolute Gasteiger partial charge is 0.337 e. The van der Waals surface area contributed by atoms with E-state index >= 15 is 0 Å². The van der Waals surface area contributed by atoms with Gasteiger partial charge in [-0.3, -0.25) is 0 Å². The highest BCUT2D eigenvalue weighted by Gasteiger charge is 2.44. The van der Waals surface area contributed by atoms with E-state index in [-0.39, 0.29) is 5.97 Å². The predicted molar refractivity (Wildman–Crippen MR) is 181 cm³/mol. The van der Waals surface area contributed by atoms with Crippen LogP contribution >= 0.6 is 0 Å². The summed E-state index contributed by atoms with van der Waals surface area (Å²) >= 11 is 0. The molecule has 0 radical (unpaired) electrons. The fourth-order valence-electron chi connectivity index (χ4n) is 7.13. The van der Waals surface area contributed by atoms with Crippen molar-refractivity contribution in [3.63, 3.8) is 0 Å². The van der Waals surface area contributed by atoms with Crippen LogP contribution in [-0.4, -0.2) is 40.4 Å². The zero-order valence-electron chi connectivity index (χ0n) is 27.1. The van der Waals surface area contributed by atoms with Crippen LogP contribution in [0.3, 0.4) is 0 Å². The summed E-state index contributed by atoms with van der Waals surface area (Å²) in [7, 11) is 6.04. The van der Waals surface area contributed by atoms with Gasteiger partial charge in [0.15, 0.2) is 5.60 Å². The lowest BCUT2D eigenvalue weighted by atomic mass is 9.76. The number of methoxy groups -OCH3 is 4. The minimum absolute atomic E-state index is 0.388. The Morgan fingerprint density at radius 2 is 1.21 bits per heavy atom. The standard InChI is InChI=1S/C40H34O7/c1-39(2)33-22-24(38(42)46-6)8-18-30(33)34-29-17-7-23(37(41)45-5)21-32(29)36-31(35(34)39)19-20-40(47-36,25-9-13-27(43-3)14-10-25)26-11-15-28(44-4)16-12-26/h7-22H,1-6H3. The molecule has 0 unspecified atom stereocenters. The molecule has 0 aromatic heterocycles. The molecule has 5 aromatic carbocycles. The molecule has 47 heavy (non-hydrogen) atoms. The fourth-order valence-corrected chi connectivity index (χ4v) is 7.13. The van der Waals surface area contributed by atoms with Crippen LogP contribution in [0.1, 0.15) is 62.4 Å². The van der Waals surface area contributed by atoms with Gasteiger partial charge in [-0.15, -0.1) is 0 Å². The van der Waals surface area contributed by atoms with Crippen molar-refractivity contribution < 1.29 is 33.3 Å². The van der Waals surface area contributed by atoms with Gasteiger partial charge in [-0.2, -0.15) is 0 Å². The van der Waals surface area contributed by atoms with Crippen molar-refractivity contribution in [2.24, 2.45) is 0 Å². The summed E-state index contributed by atoms with van der Waals surface area (Å²) in [5, 5.41) is 1.70. The van der Waals surface area contributed by atoms with Crippen molar-refractivity contribution in [1.82, 2.24) is 0 Å². The molecule has 0 saturated heterocycles. The second-order valence-corrected chi connectivity index (χ2v) is 12.2. The van der Waals surface area contributed by atoms with Gasteiger partial charge in [-0.1, -0.05) is 56.3 Å². The van der Waals surface area contributed by atoms with E-state index in [1.807, 2.05) is 72.8 Å². The Morgan fingerprint density at radius 1 is 0.660 bits per heavy atom. The van der Waals surface area contributed by atoms with Crippen molar-refractivity contribution in [3.05, 3.63) is 130 Å². The molecule has 1 aliphatic carbocycles. The maximum Gasteiger partial charge on any atom is 0.337 e. The van der Waals surface area contributed by atoms with Crippen LogP contribution in [0.2, 0.25) is 0 Å². The Kier molecular flexibility index (Phi) is 7.08. The lowest BCUT2D eigenvalue weighted by Crippen LogP contribution is -2.35. The molecule has 0 saturated carbocycles. The molecule has 0 fully saturated rings. The Balaban J connectivity index is 1.54. The Bertz CT molecular complexity index is 2060. The van der Waals surface area contributed by atoms with Crippen molar-refractivity contribution in [3.8, 4) is 28.4 Å². The van der Waals surface area contributed by atoms with Crippen LogP contribution in [0.5, 0.6) is 17.2 Å². The lowest BCUT2D eigenvalue weighted by molar-refractivity contribution is 0.0592. The molecule has 0 amide bonds. The molecule has 236 valence electrons. The third kappa shape index (κ3) is 4.48. The summed E-state index contributed by atoms with van der Waals surface area (Å²) in [6.07, 6.45) is 4.22. The Labute approximate surface area is 273 Å². The van der Waals surface area contributed by atoms with Crippen LogP contribution in [0, 0.1) is 0 Å². The maximum atomic E-state index is 12.8. The van der Waals surface area contributed by atoms with Crippen LogP contribution in [-0.2, 0) is 20.5 Å². The maximum absolute atomic E-state index is 12.8. The number of ether oxygens (including phenoxy) is 5. The van der Waals surface area contributed by atoms with Crippen molar-refractivity contribution in [2.75, 3.05) is 28.4 Å². The Hall–Kier alpha value is -5.56. The number of fused-ring (bicyclic) bond motifs is 8. The van der Waals surface area contributed by atoms with E-state index in [1.54, 1.807) is 26.4 Å². The van der Waals surface area contributed by atoms with E-state index in [4.69, 9.17) is 23.7 Å². The monoisotopic (exact) mass is 626 g/mol. The first-order valence-electron chi connectivity index (χ1n) is 15.3. The van der Waals surface area contributed by atoms with Gasteiger partial charge in [0.1, 0.15) is 17.2 Å². The van der Waals surface area contributed by atoms with Crippen LogP contribution in [0.25, 0.3) is 28.0 Å². The molecule has 0 spiro atoms. The first-order chi connectivity index (χ1) is 22.7. The first kappa shape index (κ1) is 30.1. The molecule has 7 nitrogen and oxygen atoms in total. The summed E-state index contributed by atoms with van der Waals surface area (Å²) < 4.78 is 28.4. The number of esters is 2. The highest BCUT2D eigenvalue weighted by Crippen LogP contribution is 2.58. The SMILES string of the molecule is COC(=O)c1ccc2c(c1)C(C)(C)c1c3c(c4cc(C(=O)OC)ccc4c1-2)OC(c1ccc(OC)cc1)(c1ccc(OC)cc1)C=C3. The quantitative estimate of drug-likeness (QED) is 0.176. The zero-order chi connectivity index (χ0) is 33.1. The molecule has 2 aliphatic rings. The van der Waals surface area contributed by atoms with Crippen LogP contribution in [0.15, 0.2) is 91.0 Å². The number of carbonyl (C=O) groups excluding carboxylic acids is 2. The molecule has 5 aromatic rings. The average Bonchev–Trinajstić information content (AvgIpc) is 3.36. The highest BCUT2D eigenvalue weighted by molar-refractivity contribution is 6.10. The largest absolute Gasteiger partial charge is 0.497 e. The summed E-state index contributed by atoms with van der Waals surface area (Å²) in [5.74, 6) is 1.28. The van der Waals surface area contributed by atoms with Gasteiger partial charge in [0.05, 0.1) is 39.6 Å². The van der Waals surface area contributed by atoms with E-state index in [1.165, 1.54) is 14.2 Å². The molecular weight excluding hydrogens is 592 g/mol. The van der Waals surface area contributed by atoms with Crippen molar-refractivity contribution in [2.45, 2.75) is 24.9 Å². The molecule has 1 aliphatic heterocycles. The van der Waals surface area contributed by atoms with E-state index < -0.39 is 17.0 Å². The highest BCUT2D eigenvalue weighted by atomic mass is 16.5. The number of benzene rings is 5. The normalized spacial score (nSPS) is 14.8. The third-order valence-electron chi connectivity index (χ3n) is 9.51. The first-order valence-corrected chi connectivity index (χ1v) is 15.3. The molecular formula is C40H34O7. The van der Waals surface area contributed by atoms with Gasteiger partial charge in [0.2, 0.25) is 0 Å². The van der Waals surface area contributed by atoms with E-state index in [0.717, 1.165) is 61.2 Å². The minimum Gasteiger partial charge on any atom is -0.497 e. The fraction of sp³-hybridized carbons (Fsp3) is 0.200. The third-order valence-corrected chi connectivity index (χ3v) is 9.51. The van der Waals surface area contributed by atoms with Gasteiger partial charge in [-0.25, -0.2) is 9.59 Å². The van der Waals surface area contributed by atoms with E-state index in [0.29, 0.717) is 16.9 Å². The van der Waals surface area contributed by atoms with Gasteiger partial charge in [0.25, 0.3) is 0 Å². The summed E-state index contributed by atoms with van der Waals surface area (Å²) in [4.78, 5) is 25.4. The molecule has 0 N–H and O–H groups in total. The number of hydrogen-bond acceptors (Lipinski definition) is 7. The number of hydrogen-bond donors (Lipinski definition) is 0. The second-order valence-electron chi connectivity index (χ2n) is 12.2. The van der Waals surface area contributed by atoms with Gasteiger partial charge >= 0.3 is 11.9 Å². The summed E-state index contributed by atoms with van der Waals surface area (Å²) in [6, 6.07) is 27.0. The second kappa shape index (κ2) is 11.1. The van der Waals surface area contributed by atoms with Gasteiger partial charge in [-0.05, 0) is 82.2 Å². The van der Waals surface area contributed by atoms with Gasteiger partial charge < -0.3 is 23.7 Å². The molecule has 7 heteroatoms. The van der Waals surface area contributed by atoms with E-state index in [9.17, 15) is 9.59 Å². The topological polar surface area (TPSA) is 80.3 Å². The lowest BCUT2D eigenvalue weighted by Gasteiger charge is -2.38. The molecule has 0 bridgehead atoms. The van der Waals surface area contributed by atoms with E-state index in [2.05, 4.69) is 26.0 Å². The Morgan fingerprint density at radius 3 is 1.77 bits per heavy atom. The number of carbonyl (C=O) groups is 2. The van der Waals surface area contributed by atoms with Crippen LogP contribution < -0.4 is 14.2 Å². The molecule has 0 atom stereocenters. The van der Waals surface area contributed by atoms with Crippen molar-refractivity contribution in [1.29, 1.82) is 0 Å². The summed E-state index contributed by atoms with van der Waals surface area (Å²) in [5.41, 5.74) is 6.24. The minimum atomic E-state index is -1.03. The molecule has 7 rings (SSSR count). The predicted octanol–water partition coefficient (Wildman–Crippen LogP) is 8.09. The van der Waals surface area contributed by atoms with Crippen LogP contribution in [0.4, 0.5) is 0 Å². The van der Waals surface area contributed by atoms with Crippen molar-refractivity contribution >= 4 is 28.8 Å². The zero-order valence-corrected chi connectivity index (χ0v) is 27.1. The number of rotatable bonds is 6. The van der Waals surface area contributed by atoms with Gasteiger partial charge in [0, 0.05) is 27.5 Å². The summed E-state index contributed by atoms with van der Waals surface area (Å²) in [6.45, 7) is 4.33. The average molecular weight is 627 g/mol.